The Morgan fingerprint density at radius 2 is 2.00 bits per heavy atom. The van der Waals surface area contributed by atoms with E-state index in [1.807, 2.05) is 30.3 Å². The van der Waals surface area contributed by atoms with Crippen LogP contribution in [-0.2, 0) is 23.2 Å². The summed E-state index contributed by atoms with van der Waals surface area (Å²) >= 11 is 0. The molecule has 0 amide bonds. The van der Waals surface area contributed by atoms with E-state index in [2.05, 4.69) is 14.9 Å². The Balaban J connectivity index is 2.13. The molecule has 0 aliphatic carbocycles. The molecule has 0 atom stereocenters. The van der Waals surface area contributed by atoms with Crippen LogP contribution in [0.2, 0.25) is 0 Å². The lowest BCUT2D eigenvalue weighted by atomic mass is 10.2. The topological polar surface area (TPSA) is 95.1 Å². The zero-order valence-corrected chi connectivity index (χ0v) is 10.3. The number of hydrogen-bond acceptors (Lipinski definition) is 4. The van der Waals surface area contributed by atoms with Crippen LogP contribution in [0.1, 0.15) is 11.1 Å². The molecular formula is C11H13N3O3S. The Morgan fingerprint density at radius 3 is 2.67 bits per heavy atom. The Bertz CT molecular complexity index is 607. The number of benzene rings is 1. The molecule has 0 aliphatic heterocycles. The highest BCUT2D eigenvalue weighted by Crippen LogP contribution is 2.12. The Kier molecular flexibility index (Phi) is 3.75. The first-order valence-corrected chi connectivity index (χ1v) is 6.78. The minimum Gasteiger partial charge on any atom is -0.392 e. The Labute approximate surface area is 105 Å². The molecule has 96 valence electrons. The predicted molar refractivity (Wildman–Crippen MR) is 65.0 cm³/mol. The zero-order chi connectivity index (χ0) is 13.0. The monoisotopic (exact) mass is 267 g/mol. The van der Waals surface area contributed by atoms with Gasteiger partial charge in [0.15, 0.2) is 5.03 Å². The summed E-state index contributed by atoms with van der Waals surface area (Å²) in [5.74, 6) is 0. The van der Waals surface area contributed by atoms with Gasteiger partial charge in [0.2, 0.25) is 0 Å². The quantitative estimate of drug-likeness (QED) is 0.730. The van der Waals surface area contributed by atoms with Crippen molar-refractivity contribution in [2.24, 2.45) is 0 Å². The van der Waals surface area contributed by atoms with E-state index in [1.54, 1.807) is 0 Å². The second-order valence-corrected chi connectivity index (χ2v) is 5.40. The molecular weight excluding hydrogens is 254 g/mol. The molecule has 1 heterocycles. The van der Waals surface area contributed by atoms with E-state index >= 15 is 0 Å². The molecule has 6 nitrogen and oxygen atoms in total. The highest BCUT2D eigenvalue weighted by molar-refractivity contribution is 7.89. The molecule has 1 aromatic heterocycles. The van der Waals surface area contributed by atoms with Crippen LogP contribution in [0.15, 0.2) is 41.6 Å². The van der Waals surface area contributed by atoms with E-state index in [0.717, 1.165) is 5.56 Å². The van der Waals surface area contributed by atoms with Gasteiger partial charge in [0, 0.05) is 12.1 Å². The molecule has 0 saturated heterocycles. The van der Waals surface area contributed by atoms with E-state index in [1.165, 1.54) is 6.20 Å². The number of aliphatic hydroxyl groups is 1. The maximum atomic E-state index is 12.0. The van der Waals surface area contributed by atoms with Gasteiger partial charge >= 0.3 is 0 Å². The molecule has 7 heteroatoms. The fourth-order valence-electron chi connectivity index (χ4n) is 1.49. The number of aromatic nitrogens is 2. The van der Waals surface area contributed by atoms with Crippen molar-refractivity contribution < 1.29 is 13.5 Å². The number of hydrogen-bond donors (Lipinski definition) is 3. The van der Waals surface area contributed by atoms with Gasteiger partial charge in [-0.05, 0) is 5.56 Å². The molecule has 3 N–H and O–H groups in total. The molecule has 0 fully saturated rings. The smallest absolute Gasteiger partial charge is 0.258 e. The van der Waals surface area contributed by atoms with E-state index in [-0.39, 0.29) is 23.7 Å². The lowest BCUT2D eigenvalue weighted by Gasteiger charge is -2.06. The van der Waals surface area contributed by atoms with Gasteiger partial charge in [-0.2, -0.15) is 5.10 Å². The number of aromatic amines is 1. The molecule has 1 aromatic carbocycles. The van der Waals surface area contributed by atoms with Gasteiger partial charge in [-0.3, -0.25) is 5.10 Å². The maximum absolute atomic E-state index is 12.0. The number of nitrogens with zero attached hydrogens (tertiary/aromatic N) is 1. The third-order valence-corrected chi connectivity index (χ3v) is 3.84. The van der Waals surface area contributed by atoms with Crippen LogP contribution in [0, 0.1) is 0 Å². The van der Waals surface area contributed by atoms with E-state index in [9.17, 15) is 8.42 Å². The second-order valence-electron chi connectivity index (χ2n) is 3.69. The van der Waals surface area contributed by atoms with Crippen LogP contribution in [0.5, 0.6) is 0 Å². The van der Waals surface area contributed by atoms with Crippen molar-refractivity contribution in [3.63, 3.8) is 0 Å². The second kappa shape index (κ2) is 5.30. The molecule has 0 radical (unpaired) electrons. The van der Waals surface area contributed by atoms with Gasteiger partial charge in [0.25, 0.3) is 10.0 Å². The number of sulfonamides is 1. The van der Waals surface area contributed by atoms with Gasteiger partial charge in [-0.15, -0.1) is 0 Å². The van der Waals surface area contributed by atoms with Gasteiger partial charge in [0.1, 0.15) is 0 Å². The number of aliphatic hydroxyl groups excluding tert-OH is 1. The summed E-state index contributed by atoms with van der Waals surface area (Å²) in [6.07, 6.45) is 1.29. The Morgan fingerprint density at radius 1 is 1.28 bits per heavy atom. The van der Waals surface area contributed by atoms with Gasteiger partial charge < -0.3 is 5.11 Å². The average molecular weight is 267 g/mol. The standard InChI is InChI=1S/C11H13N3O3S/c15-8-10-7-12-14-11(10)18(16,17)13-6-9-4-2-1-3-5-9/h1-5,7,13,15H,6,8H2,(H,12,14). The molecule has 0 spiro atoms. The summed E-state index contributed by atoms with van der Waals surface area (Å²) < 4.78 is 26.3. The first-order chi connectivity index (χ1) is 8.63. The van der Waals surface area contributed by atoms with Gasteiger partial charge in [0.05, 0.1) is 12.8 Å². The van der Waals surface area contributed by atoms with Crippen LogP contribution in [-0.4, -0.2) is 23.7 Å². The first-order valence-electron chi connectivity index (χ1n) is 5.30. The SMILES string of the molecule is O=S(=O)(NCc1ccccc1)c1[nH]ncc1CO. The van der Waals surface area contributed by atoms with Crippen molar-refractivity contribution in [2.75, 3.05) is 0 Å². The minimum atomic E-state index is -3.69. The summed E-state index contributed by atoms with van der Waals surface area (Å²) in [7, 11) is -3.69. The molecule has 0 saturated carbocycles. The summed E-state index contributed by atoms with van der Waals surface area (Å²) in [6.45, 7) is -0.189. The summed E-state index contributed by atoms with van der Waals surface area (Å²) in [5.41, 5.74) is 1.10. The molecule has 2 rings (SSSR count). The summed E-state index contributed by atoms with van der Waals surface area (Å²) in [4.78, 5) is 0. The predicted octanol–water partition coefficient (Wildman–Crippen LogP) is 0.380. The van der Waals surface area contributed by atoms with Crippen molar-refractivity contribution in [2.45, 2.75) is 18.2 Å². The largest absolute Gasteiger partial charge is 0.392 e. The van der Waals surface area contributed by atoms with Crippen LogP contribution in [0.3, 0.4) is 0 Å². The number of H-pyrrole nitrogens is 1. The fourth-order valence-corrected chi connectivity index (χ4v) is 2.63. The Hall–Kier alpha value is -1.70. The van der Waals surface area contributed by atoms with Crippen LogP contribution in [0.4, 0.5) is 0 Å². The number of rotatable bonds is 5. The highest BCUT2D eigenvalue weighted by Gasteiger charge is 2.19. The van der Waals surface area contributed by atoms with Gasteiger partial charge in [-0.25, -0.2) is 13.1 Å². The first kappa shape index (κ1) is 12.7. The fraction of sp³-hybridized carbons (Fsp3) is 0.182. The van der Waals surface area contributed by atoms with Crippen molar-refractivity contribution in [3.05, 3.63) is 47.7 Å². The van der Waals surface area contributed by atoms with E-state index in [0.29, 0.717) is 0 Å². The van der Waals surface area contributed by atoms with Crippen molar-refractivity contribution in [1.82, 2.24) is 14.9 Å². The van der Waals surface area contributed by atoms with Crippen molar-refractivity contribution in [3.8, 4) is 0 Å². The van der Waals surface area contributed by atoms with Crippen molar-refractivity contribution >= 4 is 10.0 Å². The van der Waals surface area contributed by atoms with Gasteiger partial charge in [-0.1, -0.05) is 30.3 Å². The minimum absolute atomic E-state index is 0.0964. The summed E-state index contributed by atoms with van der Waals surface area (Å²) in [5, 5.41) is 14.9. The normalized spacial score (nSPS) is 11.6. The average Bonchev–Trinajstić information content (AvgIpc) is 2.87. The van der Waals surface area contributed by atoms with Crippen molar-refractivity contribution in [1.29, 1.82) is 0 Å². The molecule has 0 unspecified atom stereocenters. The third kappa shape index (κ3) is 2.76. The maximum Gasteiger partial charge on any atom is 0.258 e. The van der Waals surface area contributed by atoms with Crippen LogP contribution < -0.4 is 4.72 Å². The number of nitrogens with one attached hydrogen (secondary N) is 2. The molecule has 2 aromatic rings. The lowest BCUT2D eigenvalue weighted by molar-refractivity contribution is 0.278. The van der Waals surface area contributed by atoms with E-state index < -0.39 is 10.0 Å². The van der Waals surface area contributed by atoms with Crippen LogP contribution >= 0.6 is 0 Å². The van der Waals surface area contributed by atoms with E-state index in [4.69, 9.17) is 5.11 Å². The molecule has 0 bridgehead atoms. The summed E-state index contributed by atoms with van der Waals surface area (Å²) in [6, 6.07) is 9.17. The zero-order valence-electron chi connectivity index (χ0n) is 9.50. The molecule has 18 heavy (non-hydrogen) atoms. The highest BCUT2D eigenvalue weighted by atomic mass is 32.2. The van der Waals surface area contributed by atoms with Crippen LogP contribution in [0.25, 0.3) is 0 Å². The molecule has 0 aliphatic rings. The lowest BCUT2D eigenvalue weighted by Crippen LogP contribution is -2.24. The third-order valence-electron chi connectivity index (χ3n) is 2.43.